The lowest BCUT2D eigenvalue weighted by atomic mass is 9.84. The fraction of sp³-hybridized carbons (Fsp3) is 0.812. The standard InChI is InChI=1S/C16H28N4O2/c1-12(2)20(16(11-17)7-9-19-10-8-16)13(21)5-6-15(3,4)14(18)22/h12,19H,5-10H2,1-4H3,(H2,18,22). The third-order valence-corrected chi connectivity index (χ3v) is 4.52. The maximum Gasteiger partial charge on any atom is 0.224 e. The first-order valence-electron chi connectivity index (χ1n) is 7.90. The molecular weight excluding hydrogens is 280 g/mol. The first kappa shape index (κ1) is 18.4. The predicted molar refractivity (Wildman–Crippen MR) is 84.6 cm³/mol. The average molecular weight is 308 g/mol. The predicted octanol–water partition coefficient (Wildman–Crippen LogP) is 1.16. The van der Waals surface area contributed by atoms with Crippen LogP contribution in [0.4, 0.5) is 0 Å². The number of carbonyl (C=O) groups is 2. The molecule has 2 amide bonds. The summed E-state index contributed by atoms with van der Waals surface area (Å²) in [6.07, 6.45) is 1.88. The molecule has 0 aliphatic carbocycles. The topological polar surface area (TPSA) is 99.2 Å². The van der Waals surface area contributed by atoms with Crippen molar-refractivity contribution in [1.82, 2.24) is 10.2 Å². The molecular formula is C16H28N4O2. The van der Waals surface area contributed by atoms with Gasteiger partial charge in [0.1, 0.15) is 5.54 Å². The van der Waals surface area contributed by atoms with E-state index < -0.39 is 16.9 Å². The Morgan fingerprint density at radius 3 is 2.32 bits per heavy atom. The number of amides is 2. The van der Waals surface area contributed by atoms with E-state index >= 15 is 0 Å². The van der Waals surface area contributed by atoms with Crippen molar-refractivity contribution in [3.8, 4) is 6.07 Å². The zero-order valence-corrected chi connectivity index (χ0v) is 14.1. The van der Waals surface area contributed by atoms with Crippen LogP contribution in [0.3, 0.4) is 0 Å². The second-order valence-corrected chi connectivity index (χ2v) is 7.00. The van der Waals surface area contributed by atoms with Crippen molar-refractivity contribution in [1.29, 1.82) is 5.26 Å². The highest BCUT2D eigenvalue weighted by atomic mass is 16.2. The van der Waals surface area contributed by atoms with Crippen molar-refractivity contribution in [2.24, 2.45) is 11.1 Å². The van der Waals surface area contributed by atoms with Gasteiger partial charge in [-0.05, 0) is 46.2 Å². The molecule has 3 N–H and O–H groups in total. The second-order valence-electron chi connectivity index (χ2n) is 7.00. The molecule has 1 fully saturated rings. The summed E-state index contributed by atoms with van der Waals surface area (Å²) in [6.45, 7) is 8.81. The number of hydrogen-bond acceptors (Lipinski definition) is 4. The summed E-state index contributed by atoms with van der Waals surface area (Å²) >= 11 is 0. The van der Waals surface area contributed by atoms with Gasteiger partial charge in [-0.3, -0.25) is 9.59 Å². The van der Waals surface area contributed by atoms with Crippen molar-refractivity contribution >= 4 is 11.8 Å². The van der Waals surface area contributed by atoms with E-state index in [0.717, 1.165) is 13.1 Å². The van der Waals surface area contributed by atoms with E-state index in [-0.39, 0.29) is 18.4 Å². The van der Waals surface area contributed by atoms with Gasteiger partial charge in [-0.15, -0.1) is 0 Å². The van der Waals surface area contributed by atoms with Gasteiger partial charge in [0.05, 0.1) is 6.07 Å². The van der Waals surface area contributed by atoms with Crippen LogP contribution in [-0.2, 0) is 9.59 Å². The van der Waals surface area contributed by atoms with Crippen LogP contribution in [0.15, 0.2) is 0 Å². The summed E-state index contributed by atoms with van der Waals surface area (Å²) < 4.78 is 0. The fourth-order valence-corrected chi connectivity index (χ4v) is 2.93. The van der Waals surface area contributed by atoms with Gasteiger partial charge < -0.3 is 16.0 Å². The molecule has 0 aromatic rings. The molecule has 0 aromatic carbocycles. The number of hydrogen-bond donors (Lipinski definition) is 2. The number of nitrogens with two attached hydrogens (primary N) is 1. The van der Waals surface area contributed by atoms with Crippen molar-refractivity contribution in [2.75, 3.05) is 13.1 Å². The van der Waals surface area contributed by atoms with Gasteiger partial charge in [0.2, 0.25) is 11.8 Å². The average Bonchev–Trinajstić information content (AvgIpc) is 2.45. The monoisotopic (exact) mass is 308 g/mol. The molecule has 6 heteroatoms. The van der Waals surface area contributed by atoms with Crippen LogP contribution in [-0.4, -0.2) is 41.4 Å². The van der Waals surface area contributed by atoms with E-state index in [1.807, 2.05) is 13.8 Å². The molecule has 0 atom stereocenters. The van der Waals surface area contributed by atoms with Crippen molar-refractivity contribution in [3.05, 3.63) is 0 Å². The summed E-state index contributed by atoms with van der Waals surface area (Å²) in [5, 5.41) is 12.9. The molecule has 0 bridgehead atoms. The van der Waals surface area contributed by atoms with E-state index in [9.17, 15) is 14.9 Å². The minimum Gasteiger partial charge on any atom is -0.369 e. The maximum atomic E-state index is 12.7. The number of rotatable bonds is 6. The highest BCUT2D eigenvalue weighted by Gasteiger charge is 2.42. The zero-order valence-electron chi connectivity index (χ0n) is 14.1. The van der Waals surface area contributed by atoms with Gasteiger partial charge in [-0.1, -0.05) is 13.8 Å². The molecule has 1 rings (SSSR count). The number of nitrogens with zero attached hydrogens (tertiary/aromatic N) is 2. The van der Waals surface area contributed by atoms with Crippen molar-refractivity contribution < 1.29 is 9.59 Å². The van der Waals surface area contributed by atoms with Crippen LogP contribution < -0.4 is 11.1 Å². The highest BCUT2D eigenvalue weighted by Crippen LogP contribution is 2.30. The van der Waals surface area contributed by atoms with E-state index in [0.29, 0.717) is 19.3 Å². The molecule has 0 saturated carbocycles. The van der Waals surface area contributed by atoms with Crippen LogP contribution in [0.1, 0.15) is 53.4 Å². The van der Waals surface area contributed by atoms with Gasteiger partial charge in [0.15, 0.2) is 0 Å². The Morgan fingerprint density at radius 1 is 1.36 bits per heavy atom. The number of nitrogens with one attached hydrogen (secondary N) is 1. The molecule has 124 valence electrons. The normalized spacial score (nSPS) is 17.8. The molecule has 1 aliphatic heterocycles. The Labute approximate surface area is 133 Å². The van der Waals surface area contributed by atoms with E-state index in [4.69, 9.17) is 5.73 Å². The van der Waals surface area contributed by atoms with Crippen LogP contribution in [0, 0.1) is 16.7 Å². The molecule has 1 heterocycles. The summed E-state index contributed by atoms with van der Waals surface area (Å²) in [5.41, 5.74) is 3.90. The summed E-state index contributed by atoms with van der Waals surface area (Å²) in [6, 6.07) is 2.32. The van der Waals surface area contributed by atoms with Crippen molar-refractivity contribution in [2.45, 2.75) is 65.0 Å². The molecule has 1 saturated heterocycles. The van der Waals surface area contributed by atoms with Crippen LogP contribution in [0.25, 0.3) is 0 Å². The van der Waals surface area contributed by atoms with E-state index in [1.165, 1.54) is 0 Å². The van der Waals surface area contributed by atoms with Crippen LogP contribution in [0.5, 0.6) is 0 Å². The van der Waals surface area contributed by atoms with Crippen molar-refractivity contribution in [3.63, 3.8) is 0 Å². The molecule has 22 heavy (non-hydrogen) atoms. The summed E-state index contributed by atoms with van der Waals surface area (Å²) in [5.74, 6) is -0.485. The highest BCUT2D eigenvalue weighted by molar-refractivity contribution is 5.82. The number of primary amides is 1. The van der Waals surface area contributed by atoms with Crippen LogP contribution >= 0.6 is 0 Å². The molecule has 6 nitrogen and oxygen atoms in total. The Balaban J connectivity index is 2.89. The van der Waals surface area contributed by atoms with Gasteiger partial charge in [-0.25, -0.2) is 0 Å². The van der Waals surface area contributed by atoms with Gasteiger partial charge in [-0.2, -0.15) is 5.26 Å². The molecule has 0 aromatic heterocycles. The minimum atomic E-state index is -0.743. The Bertz CT molecular complexity index is 459. The number of carbonyl (C=O) groups excluding carboxylic acids is 2. The minimum absolute atomic E-state index is 0.0538. The third kappa shape index (κ3) is 3.98. The van der Waals surface area contributed by atoms with E-state index in [2.05, 4.69) is 11.4 Å². The summed E-state index contributed by atoms with van der Waals surface area (Å²) in [4.78, 5) is 25.8. The number of piperidine rings is 1. The smallest absolute Gasteiger partial charge is 0.224 e. The Hall–Kier alpha value is -1.61. The Kier molecular flexibility index (Phi) is 5.95. The Morgan fingerprint density at radius 2 is 1.91 bits per heavy atom. The quantitative estimate of drug-likeness (QED) is 0.769. The van der Waals surface area contributed by atoms with Gasteiger partial charge in [0, 0.05) is 17.9 Å². The largest absolute Gasteiger partial charge is 0.369 e. The SMILES string of the molecule is CC(C)N(C(=O)CCC(C)(C)C(N)=O)C1(C#N)CCNCC1. The molecule has 1 aliphatic rings. The van der Waals surface area contributed by atoms with Gasteiger partial charge >= 0.3 is 0 Å². The second kappa shape index (κ2) is 7.10. The number of nitriles is 1. The molecule has 0 unspecified atom stereocenters. The van der Waals surface area contributed by atoms with Gasteiger partial charge in [0.25, 0.3) is 0 Å². The third-order valence-electron chi connectivity index (χ3n) is 4.52. The maximum absolute atomic E-state index is 12.7. The molecule has 0 radical (unpaired) electrons. The fourth-order valence-electron chi connectivity index (χ4n) is 2.93. The first-order valence-corrected chi connectivity index (χ1v) is 7.90. The first-order chi connectivity index (χ1) is 10.2. The lowest BCUT2D eigenvalue weighted by Crippen LogP contribution is -2.58. The summed E-state index contributed by atoms with van der Waals surface area (Å²) in [7, 11) is 0. The molecule has 0 spiro atoms. The lowest BCUT2D eigenvalue weighted by molar-refractivity contribution is -0.140. The zero-order chi connectivity index (χ0) is 17.0. The van der Waals surface area contributed by atoms with E-state index in [1.54, 1.807) is 18.7 Å². The van der Waals surface area contributed by atoms with Crippen LogP contribution in [0.2, 0.25) is 0 Å². The lowest BCUT2D eigenvalue weighted by Gasteiger charge is -2.44.